The molecule has 0 unspecified atom stereocenters. The summed E-state index contributed by atoms with van der Waals surface area (Å²) in [7, 11) is 1.60. The predicted octanol–water partition coefficient (Wildman–Crippen LogP) is 5.09. The van der Waals surface area contributed by atoms with E-state index < -0.39 is 0 Å². The summed E-state index contributed by atoms with van der Waals surface area (Å²) in [6.45, 7) is 6.08. The molecule has 196 valence electrons. The number of carbonyl (C=O) groups excluding carboxylic acids is 2. The normalized spacial score (nSPS) is 14.9. The first-order valence-electron chi connectivity index (χ1n) is 12.9. The standard InChI is InChI=1S/C30H36N2O4S/c1-22(2)24-9-11-25(12-10-24)36-21-27-26-14-18-37-28(26)13-15-32(27)30(34)20-31(16-17-35-3)29(33)19-23-7-5-4-6-8-23/h4-12,14,18,22,27H,13,15-17,19-21H2,1-3H3/t27-/m0/s1. The topological polar surface area (TPSA) is 59.1 Å². The average Bonchev–Trinajstić information content (AvgIpc) is 3.39. The summed E-state index contributed by atoms with van der Waals surface area (Å²) in [6.07, 6.45) is 1.07. The number of hydrogen-bond acceptors (Lipinski definition) is 5. The van der Waals surface area contributed by atoms with Gasteiger partial charge in [0.1, 0.15) is 12.4 Å². The third kappa shape index (κ3) is 6.99. The number of rotatable bonds is 11. The molecule has 3 aromatic rings. The number of amides is 2. The number of fused-ring (bicyclic) bond motifs is 1. The Morgan fingerprint density at radius 3 is 2.54 bits per heavy atom. The third-order valence-electron chi connectivity index (χ3n) is 6.81. The van der Waals surface area contributed by atoms with E-state index in [9.17, 15) is 9.59 Å². The van der Waals surface area contributed by atoms with Gasteiger partial charge in [0.25, 0.3) is 0 Å². The monoisotopic (exact) mass is 520 g/mol. The van der Waals surface area contributed by atoms with Gasteiger partial charge in [0.05, 0.1) is 25.6 Å². The minimum absolute atomic E-state index is 0.0219. The second-order valence-electron chi connectivity index (χ2n) is 9.66. The quantitative estimate of drug-likeness (QED) is 0.353. The minimum atomic E-state index is -0.194. The van der Waals surface area contributed by atoms with Crippen molar-refractivity contribution in [2.24, 2.45) is 0 Å². The highest BCUT2D eigenvalue weighted by Crippen LogP contribution is 2.34. The van der Waals surface area contributed by atoms with Gasteiger partial charge in [0.15, 0.2) is 0 Å². The summed E-state index contributed by atoms with van der Waals surface area (Å²) in [5.74, 6) is 1.10. The molecule has 1 atom stereocenters. The minimum Gasteiger partial charge on any atom is -0.491 e. The van der Waals surface area contributed by atoms with Gasteiger partial charge in [-0.1, -0.05) is 56.3 Å². The van der Waals surface area contributed by atoms with Crippen molar-refractivity contribution < 1.29 is 19.1 Å². The maximum absolute atomic E-state index is 13.6. The molecule has 0 aliphatic carbocycles. The van der Waals surface area contributed by atoms with Crippen LogP contribution in [0.2, 0.25) is 0 Å². The van der Waals surface area contributed by atoms with E-state index in [2.05, 4.69) is 37.4 Å². The SMILES string of the molecule is COCCN(CC(=O)N1CCc2sccc2[C@@H]1COc1ccc(C(C)C)cc1)C(=O)Cc1ccccc1. The number of methoxy groups -OCH3 is 1. The molecule has 0 bridgehead atoms. The lowest BCUT2D eigenvalue weighted by Crippen LogP contribution is -2.48. The molecule has 6 nitrogen and oxygen atoms in total. The van der Waals surface area contributed by atoms with Crippen molar-refractivity contribution >= 4 is 23.2 Å². The molecule has 2 aromatic carbocycles. The summed E-state index contributed by atoms with van der Waals surface area (Å²) in [4.78, 5) is 31.6. The van der Waals surface area contributed by atoms with Crippen LogP contribution in [0, 0.1) is 0 Å². The predicted molar refractivity (Wildman–Crippen MR) is 147 cm³/mol. The second kappa shape index (κ2) is 12.9. The van der Waals surface area contributed by atoms with Crippen LogP contribution < -0.4 is 4.74 Å². The highest BCUT2D eigenvalue weighted by molar-refractivity contribution is 7.10. The molecule has 1 aliphatic heterocycles. The van der Waals surface area contributed by atoms with Crippen LogP contribution >= 0.6 is 11.3 Å². The van der Waals surface area contributed by atoms with Gasteiger partial charge in [-0.25, -0.2) is 0 Å². The first-order valence-corrected chi connectivity index (χ1v) is 13.7. The lowest BCUT2D eigenvalue weighted by Gasteiger charge is -2.37. The zero-order chi connectivity index (χ0) is 26.2. The van der Waals surface area contributed by atoms with Crippen LogP contribution in [0.3, 0.4) is 0 Å². The van der Waals surface area contributed by atoms with Crippen LogP contribution in [0.5, 0.6) is 5.75 Å². The largest absolute Gasteiger partial charge is 0.491 e. The zero-order valence-corrected chi connectivity index (χ0v) is 22.7. The molecule has 1 aliphatic rings. The zero-order valence-electron chi connectivity index (χ0n) is 21.9. The summed E-state index contributed by atoms with van der Waals surface area (Å²) in [5, 5.41) is 2.08. The molecule has 0 fully saturated rings. The molecule has 0 saturated heterocycles. The van der Waals surface area contributed by atoms with Crippen molar-refractivity contribution in [2.75, 3.05) is 40.0 Å². The van der Waals surface area contributed by atoms with Crippen LogP contribution in [-0.4, -0.2) is 61.6 Å². The van der Waals surface area contributed by atoms with E-state index >= 15 is 0 Å². The van der Waals surface area contributed by atoms with Gasteiger partial charge >= 0.3 is 0 Å². The van der Waals surface area contributed by atoms with E-state index in [1.807, 2.05) is 47.4 Å². The Balaban J connectivity index is 1.47. The molecule has 0 spiro atoms. The molecule has 37 heavy (non-hydrogen) atoms. The third-order valence-corrected chi connectivity index (χ3v) is 7.81. The van der Waals surface area contributed by atoms with Crippen molar-refractivity contribution in [3.05, 3.63) is 87.6 Å². The van der Waals surface area contributed by atoms with Crippen molar-refractivity contribution in [3.63, 3.8) is 0 Å². The van der Waals surface area contributed by atoms with Crippen LogP contribution in [-0.2, 0) is 27.2 Å². The fraction of sp³-hybridized carbons (Fsp3) is 0.400. The summed E-state index contributed by atoms with van der Waals surface area (Å²) in [5.41, 5.74) is 3.33. The van der Waals surface area contributed by atoms with Crippen molar-refractivity contribution in [2.45, 2.75) is 38.6 Å². The van der Waals surface area contributed by atoms with Crippen LogP contribution in [0.15, 0.2) is 66.0 Å². The summed E-state index contributed by atoms with van der Waals surface area (Å²) < 4.78 is 11.4. The number of thiophene rings is 1. The fourth-order valence-electron chi connectivity index (χ4n) is 4.63. The van der Waals surface area contributed by atoms with E-state index in [1.165, 1.54) is 10.4 Å². The Labute approximate surface area is 223 Å². The Kier molecular flexibility index (Phi) is 9.36. The van der Waals surface area contributed by atoms with E-state index in [4.69, 9.17) is 9.47 Å². The molecular weight excluding hydrogens is 484 g/mol. The van der Waals surface area contributed by atoms with Gasteiger partial charge in [-0.2, -0.15) is 0 Å². The Bertz CT molecular complexity index is 1160. The van der Waals surface area contributed by atoms with Gasteiger partial charge in [-0.15, -0.1) is 11.3 Å². The molecule has 1 aromatic heterocycles. The van der Waals surface area contributed by atoms with E-state index in [0.29, 0.717) is 32.2 Å². The van der Waals surface area contributed by atoms with Gasteiger partial charge in [0, 0.05) is 25.1 Å². The number of carbonyl (C=O) groups is 2. The van der Waals surface area contributed by atoms with Gasteiger partial charge in [-0.3, -0.25) is 9.59 Å². The number of ether oxygens (including phenoxy) is 2. The molecule has 0 radical (unpaired) electrons. The Hall–Kier alpha value is -3.16. The van der Waals surface area contributed by atoms with Crippen molar-refractivity contribution in [1.82, 2.24) is 9.80 Å². The summed E-state index contributed by atoms with van der Waals surface area (Å²) in [6, 6.07) is 19.7. The van der Waals surface area contributed by atoms with Crippen LogP contribution in [0.1, 0.15) is 47.4 Å². The van der Waals surface area contributed by atoms with Crippen molar-refractivity contribution in [1.29, 1.82) is 0 Å². The summed E-state index contributed by atoms with van der Waals surface area (Å²) >= 11 is 1.73. The number of hydrogen-bond donors (Lipinski definition) is 0. The second-order valence-corrected chi connectivity index (χ2v) is 10.7. The van der Waals surface area contributed by atoms with Gasteiger partial charge < -0.3 is 19.3 Å². The maximum atomic E-state index is 13.6. The average molecular weight is 521 g/mol. The fourth-order valence-corrected chi connectivity index (χ4v) is 5.56. The Morgan fingerprint density at radius 2 is 1.84 bits per heavy atom. The number of nitrogens with zero attached hydrogens (tertiary/aromatic N) is 2. The molecule has 0 saturated carbocycles. The molecule has 4 rings (SSSR count). The first kappa shape index (κ1) is 26.9. The Morgan fingerprint density at radius 1 is 1.08 bits per heavy atom. The highest BCUT2D eigenvalue weighted by atomic mass is 32.1. The van der Waals surface area contributed by atoms with Gasteiger partial charge in [-0.05, 0) is 52.6 Å². The molecule has 0 N–H and O–H groups in total. The molecule has 7 heteroatoms. The number of benzene rings is 2. The van der Waals surface area contributed by atoms with E-state index in [-0.39, 0.29) is 30.8 Å². The van der Waals surface area contributed by atoms with Crippen LogP contribution in [0.4, 0.5) is 0 Å². The maximum Gasteiger partial charge on any atom is 0.242 e. The van der Waals surface area contributed by atoms with E-state index in [1.54, 1.807) is 23.3 Å². The lowest BCUT2D eigenvalue weighted by molar-refractivity contribution is -0.142. The first-order chi connectivity index (χ1) is 18.0. The molecular formula is C30H36N2O4S. The van der Waals surface area contributed by atoms with Crippen molar-refractivity contribution in [3.8, 4) is 5.75 Å². The highest BCUT2D eigenvalue weighted by Gasteiger charge is 2.33. The smallest absolute Gasteiger partial charge is 0.242 e. The van der Waals surface area contributed by atoms with E-state index in [0.717, 1.165) is 23.3 Å². The van der Waals surface area contributed by atoms with Gasteiger partial charge in [0.2, 0.25) is 11.8 Å². The lowest BCUT2D eigenvalue weighted by atomic mass is 10.00. The van der Waals surface area contributed by atoms with Crippen LogP contribution in [0.25, 0.3) is 0 Å². The molecule has 2 heterocycles. The molecule has 2 amide bonds.